The Bertz CT molecular complexity index is 188. The van der Waals surface area contributed by atoms with Crippen molar-refractivity contribution in [1.82, 2.24) is 10.6 Å². The van der Waals surface area contributed by atoms with Crippen molar-refractivity contribution in [2.75, 3.05) is 13.6 Å². The SMILES string of the molecule is CNC(=O)CCCN[C@H](C)C1CCCC1. The van der Waals surface area contributed by atoms with Crippen molar-refractivity contribution in [3.8, 4) is 0 Å². The van der Waals surface area contributed by atoms with Gasteiger partial charge in [0.05, 0.1) is 0 Å². The fraction of sp³-hybridized carbons (Fsp3) is 0.917. The lowest BCUT2D eigenvalue weighted by Gasteiger charge is -2.20. The number of carbonyl (C=O) groups excluding carboxylic acids is 1. The quantitative estimate of drug-likeness (QED) is 0.658. The van der Waals surface area contributed by atoms with E-state index in [4.69, 9.17) is 0 Å². The minimum absolute atomic E-state index is 0.144. The minimum atomic E-state index is 0.144. The van der Waals surface area contributed by atoms with Gasteiger partial charge in [0.1, 0.15) is 0 Å². The summed E-state index contributed by atoms with van der Waals surface area (Å²) in [4.78, 5) is 11.0. The predicted octanol–water partition coefficient (Wildman–Crippen LogP) is 1.68. The molecular formula is C12H24N2O. The first-order valence-electron chi connectivity index (χ1n) is 6.18. The lowest BCUT2D eigenvalue weighted by atomic mass is 10.00. The lowest BCUT2D eigenvalue weighted by Crippen LogP contribution is -2.33. The topological polar surface area (TPSA) is 41.1 Å². The van der Waals surface area contributed by atoms with Gasteiger partial charge in [-0.2, -0.15) is 0 Å². The van der Waals surface area contributed by atoms with Gasteiger partial charge in [-0.1, -0.05) is 12.8 Å². The van der Waals surface area contributed by atoms with Gasteiger partial charge in [0.2, 0.25) is 5.91 Å². The van der Waals surface area contributed by atoms with E-state index in [9.17, 15) is 4.79 Å². The molecule has 3 heteroatoms. The van der Waals surface area contributed by atoms with Crippen LogP contribution in [0, 0.1) is 5.92 Å². The molecule has 1 amide bonds. The van der Waals surface area contributed by atoms with Crippen LogP contribution >= 0.6 is 0 Å². The minimum Gasteiger partial charge on any atom is -0.359 e. The molecule has 0 aromatic rings. The third-order valence-corrected chi connectivity index (χ3v) is 3.43. The molecule has 1 aliphatic carbocycles. The largest absolute Gasteiger partial charge is 0.359 e. The van der Waals surface area contributed by atoms with E-state index in [1.54, 1.807) is 7.05 Å². The maximum absolute atomic E-state index is 11.0. The first kappa shape index (κ1) is 12.5. The van der Waals surface area contributed by atoms with E-state index < -0.39 is 0 Å². The summed E-state index contributed by atoms with van der Waals surface area (Å²) in [6.45, 7) is 3.24. The Morgan fingerprint density at radius 1 is 1.40 bits per heavy atom. The van der Waals surface area contributed by atoms with Crippen molar-refractivity contribution in [1.29, 1.82) is 0 Å². The number of hydrogen-bond acceptors (Lipinski definition) is 2. The van der Waals surface area contributed by atoms with Crippen molar-refractivity contribution in [2.45, 2.75) is 51.5 Å². The van der Waals surface area contributed by atoms with E-state index in [1.165, 1.54) is 25.7 Å². The van der Waals surface area contributed by atoms with Gasteiger partial charge in [-0.05, 0) is 38.6 Å². The van der Waals surface area contributed by atoms with Gasteiger partial charge >= 0.3 is 0 Å². The molecule has 0 aromatic heterocycles. The lowest BCUT2D eigenvalue weighted by molar-refractivity contribution is -0.120. The van der Waals surface area contributed by atoms with E-state index in [1.807, 2.05) is 0 Å². The second kappa shape index (κ2) is 6.83. The summed E-state index contributed by atoms with van der Waals surface area (Å²) in [7, 11) is 1.69. The molecule has 1 saturated carbocycles. The van der Waals surface area contributed by atoms with Crippen molar-refractivity contribution in [2.24, 2.45) is 5.92 Å². The van der Waals surface area contributed by atoms with E-state index in [2.05, 4.69) is 17.6 Å². The second-order valence-corrected chi connectivity index (χ2v) is 4.56. The first-order chi connectivity index (χ1) is 7.24. The van der Waals surface area contributed by atoms with Gasteiger partial charge in [-0.25, -0.2) is 0 Å². The molecule has 0 heterocycles. The Labute approximate surface area is 93.0 Å². The van der Waals surface area contributed by atoms with Crippen LogP contribution in [-0.2, 0) is 4.79 Å². The highest BCUT2D eigenvalue weighted by Gasteiger charge is 2.20. The van der Waals surface area contributed by atoms with Gasteiger partial charge < -0.3 is 10.6 Å². The zero-order valence-electron chi connectivity index (χ0n) is 10.0. The smallest absolute Gasteiger partial charge is 0.219 e. The normalized spacial score (nSPS) is 19.1. The fourth-order valence-corrected chi connectivity index (χ4v) is 2.33. The Morgan fingerprint density at radius 2 is 2.07 bits per heavy atom. The van der Waals surface area contributed by atoms with Crippen LogP contribution in [0.4, 0.5) is 0 Å². The Hall–Kier alpha value is -0.570. The molecule has 3 nitrogen and oxygen atoms in total. The highest BCUT2D eigenvalue weighted by molar-refractivity contribution is 5.75. The molecule has 0 radical (unpaired) electrons. The van der Waals surface area contributed by atoms with E-state index in [-0.39, 0.29) is 5.91 Å². The molecule has 1 fully saturated rings. The van der Waals surface area contributed by atoms with Crippen LogP contribution in [0.1, 0.15) is 45.4 Å². The van der Waals surface area contributed by atoms with Crippen LogP contribution in [0.3, 0.4) is 0 Å². The van der Waals surface area contributed by atoms with Gasteiger partial charge in [0.25, 0.3) is 0 Å². The zero-order valence-corrected chi connectivity index (χ0v) is 10.0. The molecule has 2 N–H and O–H groups in total. The van der Waals surface area contributed by atoms with Crippen molar-refractivity contribution in [3.63, 3.8) is 0 Å². The number of hydrogen-bond donors (Lipinski definition) is 2. The molecule has 0 spiro atoms. The van der Waals surface area contributed by atoms with Crippen LogP contribution in [0.5, 0.6) is 0 Å². The summed E-state index contributed by atoms with van der Waals surface area (Å²) in [5.41, 5.74) is 0. The average Bonchev–Trinajstić information content (AvgIpc) is 2.77. The van der Waals surface area contributed by atoms with Crippen LogP contribution < -0.4 is 10.6 Å². The molecule has 1 atom stereocenters. The van der Waals surface area contributed by atoms with Crippen molar-refractivity contribution >= 4 is 5.91 Å². The number of nitrogens with one attached hydrogen (secondary N) is 2. The third-order valence-electron chi connectivity index (χ3n) is 3.43. The summed E-state index contributed by atoms with van der Waals surface area (Å²) in [6, 6.07) is 0.622. The summed E-state index contributed by atoms with van der Waals surface area (Å²) >= 11 is 0. The second-order valence-electron chi connectivity index (χ2n) is 4.56. The van der Waals surface area contributed by atoms with Crippen LogP contribution in [0.25, 0.3) is 0 Å². The van der Waals surface area contributed by atoms with Gasteiger partial charge in [0.15, 0.2) is 0 Å². The fourth-order valence-electron chi connectivity index (χ4n) is 2.33. The Morgan fingerprint density at radius 3 is 2.67 bits per heavy atom. The maximum Gasteiger partial charge on any atom is 0.219 e. The van der Waals surface area contributed by atoms with Crippen molar-refractivity contribution < 1.29 is 4.79 Å². The summed E-state index contributed by atoms with van der Waals surface area (Å²) in [5, 5.41) is 6.17. The molecular weight excluding hydrogens is 188 g/mol. The summed E-state index contributed by atoms with van der Waals surface area (Å²) in [5.74, 6) is 1.01. The monoisotopic (exact) mass is 212 g/mol. The number of rotatable bonds is 6. The molecule has 1 aliphatic rings. The molecule has 0 aromatic carbocycles. The highest BCUT2D eigenvalue weighted by Crippen LogP contribution is 2.27. The van der Waals surface area contributed by atoms with Gasteiger partial charge in [0, 0.05) is 19.5 Å². The molecule has 0 unspecified atom stereocenters. The molecule has 0 aliphatic heterocycles. The Balaban J connectivity index is 2.01. The van der Waals surface area contributed by atoms with E-state index in [0.29, 0.717) is 12.5 Å². The number of amides is 1. The van der Waals surface area contributed by atoms with Crippen LogP contribution in [0.2, 0.25) is 0 Å². The van der Waals surface area contributed by atoms with Crippen LogP contribution in [0.15, 0.2) is 0 Å². The van der Waals surface area contributed by atoms with E-state index >= 15 is 0 Å². The van der Waals surface area contributed by atoms with Crippen LogP contribution in [-0.4, -0.2) is 25.5 Å². The average molecular weight is 212 g/mol. The van der Waals surface area contributed by atoms with Gasteiger partial charge in [-0.3, -0.25) is 4.79 Å². The standard InChI is InChI=1S/C12H24N2O/c1-10(11-6-3-4-7-11)14-9-5-8-12(15)13-2/h10-11,14H,3-9H2,1-2H3,(H,13,15)/t10-/m1/s1. The highest BCUT2D eigenvalue weighted by atomic mass is 16.1. The predicted molar refractivity (Wildman–Crippen MR) is 62.7 cm³/mol. The molecule has 1 rings (SSSR count). The van der Waals surface area contributed by atoms with Crippen molar-refractivity contribution in [3.05, 3.63) is 0 Å². The number of carbonyl (C=O) groups is 1. The maximum atomic E-state index is 11.0. The molecule has 15 heavy (non-hydrogen) atoms. The summed E-state index contributed by atoms with van der Waals surface area (Å²) in [6.07, 6.45) is 7.13. The first-order valence-corrected chi connectivity index (χ1v) is 6.18. The molecule has 88 valence electrons. The van der Waals surface area contributed by atoms with E-state index in [0.717, 1.165) is 18.9 Å². The summed E-state index contributed by atoms with van der Waals surface area (Å²) < 4.78 is 0. The Kier molecular flexibility index (Phi) is 5.69. The van der Waals surface area contributed by atoms with Gasteiger partial charge in [-0.15, -0.1) is 0 Å². The third kappa shape index (κ3) is 4.65. The zero-order chi connectivity index (χ0) is 11.1. The molecule has 0 saturated heterocycles. The molecule has 0 bridgehead atoms.